The molecule has 0 aliphatic heterocycles. The topological polar surface area (TPSA) is 65.0 Å². The van der Waals surface area contributed by atoms with Gasteiger partial charge in [0.05, 0.1) is 31.8 Å². The van der Waals surface area contributed by atoms with Gasteiger partial charge in [-0.05, 0) is 19.8 Å². The molecule has 0 rings (SSSR count). The molecule has 5 nitrogen and oxygen atoms in total. The molecule has 0 heterocycles. The molecule has 0 saturated carbocycles. The van der Waals surface area contributed by atoms with E-state index in [2.05, 4.69) is 13.5 Å². The van der Waals surface area contributed by atoms with Gasteiger partial charge in [-0.25, -0.2) is 0 Å². The number of hydrogen-bond donors (Lipinski definition) is 1. The zero-order chi connectivity index (χ0) is 15.3. The third-order valence-electron chi connectivity index (χ3n) is 3.09. The van der Waals surface area contributed by atoms with Gasteiger partial charge in [-0.2, -0.15) is 0 Å². The van der Waals surface area contributed by atoms with Crippen LogP contribution in [0.25, 0.3) is 0 Å². The second-order valence-corrected chi connectivity index (χ2v) is 4.87. The number of rotatable bonds is 14. The van der Waals surface area contributed by atoms with E-state index in [0.717, 1.165) is 19.4 Å². The Labute approximate surface area is 121 Å². The van der Waals surface area contributed by atoms with E-state index in [1.807, 2.05) is 0 Å². The number of carboxylic acid groups (broad SMARTS) is 1. The van der Waals surface area contributed by atoms with Crippen molar-refractivity contribution in [3.8, 4) is 0 Å². The summed E-state index contributed by atoms with van der Waals surface area (Å²) in [5.41, 5.74) is -0.923. The van der Waals surface area contributed by atoms with E-state index in [4.69, 9.17) is 19.3 Å². The van der Waals surface area contributed by atoms with Crippen LogP contribution >= 0.6 is 0 Å². The van der Waals surface area contributed by atoms with Gasteiger partial charge in [0, 0.05) is 13.2 Å². The molecule has 0 fully saturated rings. The summed E-state index contributed by atoms with van der Waals surface area (Å²) in [6.07, 6.45) is 4.07. The molecular formula is C15H28O5. The molecule has 118 valence electrons. The van der Waals surface area contributed by atoms with Crippen LogP contribution in [-0.4, -0.2) is 50.7 Å². The smallest absolute Gasteiger partial charge is 0.313 e. The third kappa shape index (κ3) is 9.07. The van der Waals surface area contributed by atoms with Gasteiger partial charge < -0.3 is 19.3 Å². The minimum atomic E-state index is -0.923. The highest BCUT2D eigenvalue weighted by atomic mass is 16.5. The summed E-state index contributed by atoms with van der Waals surface area (Å²) in [7, 11) is 0. The number of ether oxygens (including phenoxy) is 3. The second kappa shape index (κ2) is 11.9. The average Bonchev–Trinajstić information content (AvgIpc) is 2.44. The Bertz CT molecular complexity index is 267. The van der Waals surface area contributed by atoms with Gasteiger partial charge in [0.1, 0.15) is 0 Å². The quantitative estimate of drug-likeness (QED) is 0.393. The van der Waals surface area contributed by atoms with E-state index in [-0.39, 0.29) is 0 Å². The van der Waals surface area contributed by atoms with Crippen LogP contribution in [0, 0.1) is 5.41 Å². The molecule has 0 aromatic heterocycles. The van der Waals surface area contributed by atoms with Gasteiger partial charge >= 0.3 is 5.97 Å². The fourth-order valence-electron chi connectivity index (χ4n) is 1.37. The minimum absolute atomic E-state index is 0.380. The van der Waals surface area contributed by atoms with Crippen LogP contribution in [0.4, 0.5) is 0 Å². The molecule has 0 aromatic rings. The van der Waals surface area contributed by atoms with Crippen LogP contribution in [0.5, 0.6) is 0 Å². The van der Waals surface area contributed by atoms with Crippen LogP contribution < -0.4 is 0 Å². The number of aliphatic carboxylic acids is 1. The van der Waals surface area contributed by atoms with E-state index in [1.165, 1.54) is 6.08 Å². The first-order valence-electron chi connectivity index (χ1n) is 7.17. The first-order valence-corrected chi connectivity index (χ1v) is 7.17. The van der Waals surface area contributed by atoms with Crippen LogP contribution in [-0.2, 0) is 19.0 Å². The molecule has 0 radical (unpaired) electrons. The molecule has 1 atom stereocenters. The summed E-state index contributed by atoms with van der Waals surface area (Å²) in [6, 6.07) is 0. The second-order valence-electron chi connectivity index (χ2n) is 4.87. The van der Waals surface area contributed by atoms with Crippen molar-refractivity contribution < 1.29 is 24.1 Å². The fraction of sp³-hybridized carbons (Fsp3) is 0.800. The molecule has 5 heteroatoms. The summed E-state index contributed by atoms with van der Waals surface area (Å²) < 4.78 is 16.0. The van der Waals surface area contributed by atoms with E-state index in [0.29, 0.717) is 39.5 Å². The van der Waals surface area contributed by atoms with Crippen LogP contribution in [0.3, 0.4) is 0 Å². The predicted molar refractivity (Wildman–Crippen MR) is 77.9 cm³/mol. The molecule has 1 N–H and O–H groups in total. The summed E-state index contributed by atoms with van der Waals surface area (Å²) in [5, 5.41) is 9.03. The largest absolute Gasteiger partial charge is 0.481 e. The van der Waals surface area contributed by atoms with Crippen molar-refractivity contribution in [3.63, 3.8) is 0 Å². The van der Waals surface area contributed by atoms with Gasteiger partial charge in [-0.1, -0.05) is 19.4 Å². The van der Waals surface area contributed by atoms with E-state index >= 15 is 0 Å². The van der Waals surface area contributed by atoms with Crippen LogP contribution in [0.1, 0.15) is 33.1 Å². The van der Waals surface area contributed by atoms with Crippen LogP contribution in [0.15, 0.2) is 12.7 Å². The Hall–Kier alpha value is -0.910. The summed E-state index contributed by atoms with van der Waals surface area (Å²) in [6.45, 7) is 10.6. The molecule has 0 amide bonds. The molecular weight excluding hydrogens is 260 g/mol. The lowest BCUT2D eigenvalue weighted by molar-refractivity contribution is -0.146. The predicted octanol–water partition coefficient (Wildman–Crippen LogP) is 2.50. The summed E-state index contributed by atoms with van der Waals surface area (Å²) in [5.74, 6) is -0.878. The number of unbranched alkanes of at least 4 members (excludes halogenated alkanes) is 1. The van der Waals surface area contributed by atoms with Crippen molar-refractivity contribution >= 4 is 5.97 Å². The van der Waals surface area contributed by atoms with E-state index in [9.17, 15) is 4.79 Å². The number of carboxylic acids is 1. The Balaban J connectivity index is 3.36. The maximum absolute atomic E-state index is 11.0. The summed E-state index contributed by atoms with van der Waals surface area (Å²) in [4.78, 5) is 11.0. The lowest BCUT2D eigenvalue weighted by atomic mass is 9.88. The van der Waals surface area contributed by atoms with E-state index in [1.54, 1.807) is 6.92 Å². The zero-order valence-electron chi connectivity index (χ0n) is 12.7. The van der Waals surface area contributed by atoms with Gasteiger partial charge in [-0.3, -0.25) is 4.79 Å². The third-order valence-corrected chi connectivity index (χ3v) is 3.09. The first-order chi connectivity index (χ1) is 9.56. The number of hydrogen-bond acceptors (Lipinski definition) is 4. The van der Waals surface area contributed by atoms with Gasteiger partial charge in [-0.15, -0.1) is 6.58 Å². The van der Waals surface area contributed by atoms with Crippen molar-refractivity contribution in [1.29, 1.82) is 0 Å². The summed E-state index contributed by atoms with van der Waals surface area (Å²) >= 11 is 0. The van der Waals surface area contributed by atoms with Crippen molar-refractivity contribution in [1.82, 2.24) is 0 Å². The Morgan fingerprint density at radius 1 is 1.10 bits per heavy atom. The van der Waals surface area contributed by atoms with Gasteiger partial charge in [0.25, 0.3) is 0 Å². The SMILES string of the molecule is C=CC(C)(CCOCCOCCOCCCC)C(=O)O. The molecule has 0 aromatic carbocycles. The Morgan fingerprint density at radius 3 is 2.05 bits per heavy atom. The van der Waals surface area contributed by atoms with Crippen molar-refractivity contribution in [3.05, 3.63) is 12.7 Å². The Kier molecular flexibility index (Phi) is 11.3. The van der Waals surface area contributed by atoms with Gasteiger partial charge in [0.2, 0.25) is 0 Å². The average molecular weight is 288 g/mol. The first kappa shape index (κ1) is 19.1. The highest BCUT2D eigenvalue weighted by Crippen LogP contribution is 2.22. The molecule has 0 spiro atoms. The van der Waals surface area contributed by atoms with Crippen molar-refractivity contribution in [2.45, 2.75) is 33.1 Å². The lowest BCUT2D eigenvalue weighted by Crippen LogP contribution is -2.26. The molecule has 0 bridgehead atoms. The lowest BCUT2D eigenvalue weighted by Gasteiger charge is -2.19. The normalized spacial score (nSPS) is 13.9. The van der Waals surface area contributed by atoms with Crippen molar-refractivity contribution in [2.75, 3.05) is 39.6 Å². The maximum Gasteiger partial charge on any atom is 0.313 e. The molecule has 20 heavy (non-hydrogen) atoms. The molecule has 0 aliphatic rings. The van der Waals surface area contributed by atoms with Gasteiger partial charge in [0.15, 0.2) is 0 Å². The van der Waals surface area contributed by atoms with Crippen molar-refractivity contribution in [2.24, 2.45) is 5.41 Å². The Morgan fingerprint density at radius 2 is 1.60 bits per heavy atom. The molecule has 0 aliphatic carbocycles. The highest BCUT2D eigenvalue weighted by molar-refractivity contribution is 5.76. The standard InChI is InChI=1S/C15H28O5/c1-4-6-8-18-10-12-20-13-11-19-9-7-15(3,5-2)14(16)17/h5H,2,4,6-13H2,1,3H3,(H,16,17). The maximum atomic E-state index is 11.0. The van der Waals surface area contributed by atoms with Crippen LogP contribution in [0.2, 0.25) is 0 Å². The number of carbonyl (C=O) groups is 1. The minimum Gasteiger partial charge on any atom is -0.481 e. The van der Waals surface area contributed by atoms with E-state index < -0.39 is 11.4 Å². The monoisotopic (exact) mass is 288 g/mol. The molecule has 0 saturated heterocycles. The highest BCUT2D eigenvalue weighted by Gasteiger charge is 2.28. The fourth-order valence-corrected chi connectivity index (χ4v) is 1.37. The molecule has 1 unspecified atom stereocenters. The zero-order valence-corrected chi connectivity index (χ0v) is 12.7.